The third kappa shape index (κ3) is 4.13. The van der Waals surface area contributed by atoms with Crippen LogP contribution in [0.2, 0.25) is 0 Å². The summed E-state index contributed by atoms with van der Waals surface area (Å²) in [4.78, 5) is 7.45. The highest BCUT2D eigenvalue weighted by Gasteiger charge is 2.59. The highest BCUT2D eigenvalue weighted by Crippen LogP contribution is 2.52. The normalized spacial score (nSPS) is 33.0. The van der Waals surface area contributed by atoms with E-state index >= 15 is 0 Å². The van der Waals surface area contributed by atoms with Crippen molar-refractivity contribution in [3.63, 3.8) is 0 Å². The average Bonchev–Trinajstić information content (AvgIpc) is 3.07. The number of hydrogen-bond donors (Lipinski definition) is 2. The molecule has 5 nitrogen and oxygen atoms in total. The van der Waals surface area contributed by atoms with E-state index in [-0.39, 0.29) is 5.41 Å². The second-order valence-corrected chi connectivity index (χ2v) is 8.61. The fourth-order valence-electron chi connectivity index (χ4n) is 5.03. The number of nitrogens with one attached hydrogen (secondary N) is 2. The van der Waals surface area contributed by atoms with Gasteiger partial charge in [-0.1, -0.05) is 20.8 Å². The van der Waals surface area contributed by atoms with Crippen LogP contribution >= 0.6 is 0 Å². The molecule has 0 aromatic heterocycles. The summed E-state index contributed by atoms with van der Waals surface area (Å²) in [6.07, 6.45) is 5.50. The summed E-state index contributed by atoms with van der Waals surface area (Å²) in [7, 11) is 0. The number of piperidine rings is 1. The molecule has 3 rings (SSSR count). The van der Waals surface area contributed by atoms with Gasteiger partial charge in [-0.25, -0.2) is 0 Å². The SMILES string of the molecule is CCNC(=NCCC1CCN(CC)CC1)NC1C2CCOC2C1(C)C. The molecule has 144 valence electrons. The Labute approximate surface area is 154 Å². The number of guanidine groups is 1. The maximum absolute atomic E-state index is 5.91. The molecule has 2 heterocycles. The summed E-state index contributed by atoms with van der Waals surface area (Å²) in [5.74, 6) is 2.50. The summed E-state index contributed by atoms with van der Waals surface area (Å²) in [5, 5.41) is 7.16. The van der Waals surface area contributed by atoms with Crippen molar-refractivity contribution in [3.05, 3.63) is 0 Å². The lowest BCUT2D eigenvalue weighted by atomic mass is 9.57. The Morgan fingerprint density at radius 2 is 1.96 bits per heavy atom. The molecule has 25 heavy (non-hydrogen) atoms. The molecule has 2 saturated heterocycles. The first kappa shape index (κ1) is 19.0. The molecule has 3 unspecified atom stereocenters. The zero-order valence-electron chi connectivity index (χ0n) is 16.7. The summed E-state index contributed by atoms with van der Waals surface area (Å²) in [6, 6.07) is 0.477. The van der Waals surface area contributed by atoms with Crippen molar-refractivity contribution in [2.24, 2.45) is 22.2 Å². The van der Waals surface area contributed by atoms with Crippen LogP contribution in [0.15, 0.2) is 4.99 Å². The predicted molar refractivity (Wildman–Crippen MR) is 104 cm³/mol. The molecule has 3 atom stereocenters. The Hall–Kier alpha value is -0.810. The molecule has 0 bridgehead atoms. The summed E-state index contributed by atoms with van der Waals surface area (Å²) >= 11 is 0. The largest absolute Gasteiger partial charge is 0.377 e. The van der Waals surface area contributed by atoms with Gasteiger partial charge in [0.05, 0.1) is 6.10 Å². The molecule has 1 saturated carbocycles. The van der Waals surface area contributed by atoms with E-state index in [1.807, 2.05) is 0 Å². The van der Waals surface area contributed by atoms with Crippen molar-refractivity contribution in [1.82, 2.24) is 15.5 Å². The van der Waals surface area contributed by atoms with Gasteiger partial charge >= 0.3 is 0 Å². The molecule has 1 aliphatic carbocycles. The molecular formula is C20H38N4O. The van der Waals surface area contributed by atoms with Gasteiger partial charge in [0.25, 0.3) is 0 Å². The number of ether oxygens (including phenoxy) is 1. The Balaban J connectivity index is 1.48. The molecule has 5 heteroatoms. The minimum absolute atomic E-state index is 0.199. The Kier molecular flexibility index (Phi) is 6.26. The molecule has 2 N–H and O–H groups in total. The zero-order chi connectivity index (χ0) is 17.9. The molecule has 0 spiro atoms. The number of rotatable bonds is 6. The third-order valence-corrected chi connectivity index (χ3v) is 6.70. The second-order valence-electron chi connectivity index (χ2n) is 8.61. The molecule has 0 aromatic rings. The third-order valence-electron chi connectivity index (χ3n) is 6.70. The van der Waals surface area contributed by atoms with E-state index in [4.69, 9.17) is 9.73 Å². The fraction of sp³-hybridized carbons (Fsp3) is 0.950. The Bertz CT molecular complexity index is 457. The van der Waals surface area contributed by atoms with Crippen LogP contribution in [0.1, 0.15) is 53.4 Å². The van der Waals surface area contributed by atoms with E-state index < -0.39 is 0 Å². The fourth-order valence-corrected chi connectivity index (χ4v) is 5.03. The van der Waals surface area contributed by atoms with Crippen LogP contribution in [0, 0.1) is 17.3 Å². The lowest BCUT2D eigenvalue weighted by molar-refractivity contribution is -0.106. The highest BCUT2D eigenvalue weighted by molar-refractivity contribution is 5.80. The molecule has 2 aliphatic heterocycles. The Morgan fingerprint density at radius 1 is 1.20 bits per heavy atom. The second kappa shape index (κ2) is 8.26. The number of fused-ring (bicyclic) bond motifs is 1. The van der Waals surface area contributed by atoms with Crippen LogP contribution in [0.4, 0.5) is 0 Å². The Morgan fingerprint density at radius 3 is 2.64 bits per heavy atom. The van der Waals surface area contributed by atoms with E-state index in [1.165, 1.54) is 45.3 Å². The van der Waals surface area contributed by atoms with Gasteiger partial charge in [-0.05, 0) is 58.2 Å². The molecule has 3 fully saturated rings. The van der Waals surface area contributed by atoms with Gasteiger partial charge < -0.3 is 20.3 Å². The van der Waals surface area contributed by atoms with Gasteiger partial charge in [0.1, 0.15) is 0 Å². The topological polar surface area (TPSA) is 48.9 Å². The van der Waals surface area contributed by atoms with Crippen molar-refractivity contribution in [2.75, 3.05) is 39.3 Å². The van der Waals surface area contributed by atoms with Crippen LogP contribution in [-0.2, 0) is 4.74 Å². The van der Waals surface area contributed by atoms with Crippen LogP contribution in [0.3, 0.4) is 0 Å². The van der Waals surface area contributed by atoms with Crippen LogP contribution < -0.4 is 10.6 Å². The summed E-state index contributed by atoms with van der Waals surface area (Å²) in [5.41, 5.74) is 0.199. The molecule has 0 radical (unpaired) electrons. The number of nitrogens with zero attached hydrogens (tertiary/aromatic N) is 2. The van der Waals surface area contributed by atoms with Gasteiger partial charge in [-0.3, -0.25) is 4.99 Å². The van der Waals surface area contributed by atoms with Gasteiger partial charge in [0.15, 0.2) is 5.96 Å². The minimum Gasteiger partial charge on any atom is -0.377 e. The quantitative estimate of drug-likeness (QED) is 0.571. The average molecular weight is 351 g/mol. The van der Waals surface area contributed by atoms with Gasteiger partial charge in [-0.2, -0.15) is 0 Å². The number of hydrogen-bond acceptors (Lipinski definition) is 3. The van der Waals surface area contributed by atoms with Gasteiger partial charge in [0.2, 0.25) is 0 Å². The summed E-state index contributed by atoms with van der Waals surface area (Å²) < 4.78 is 5.91. The molecule has 0 aromatic carbocycles. The standard InChI is InChI=1S/C20H38N4O/c1-5-21-19(22-11-7-15-8-12-24(6-2)13-9-15)23-17-16-10-14-25-18(16)20(17,3)4/h15-18H,5-14H2,1-4H3,(H2,21,22,23). The lowest BCUT2D eigenvalue weighted by Gasteiger charge is -2.54. The summed E-state index contributed by atoms with van der Waals surface area (Å²) in [6.45, 7) is 15.5. The van der Waals surface area contributed by atoms with E-state index in [9.17, 15) is 0 Å². The first-order valence-electron chi connectivity index (χ1n) is 10.4. The van der Waals surface area contributed by atoms with Gasteiger partial charge in [-0.15, -0.1) is 0 Å². The molecule has 0 amide bonds. The van der Waals surface area contributed by atoms with Crippen molar-refractivity contribution in [3.8, 4) is 0 Å². The minimum atomic E-state index is 0.199. The zero-order valence-corrected chi connectivity index (χ0v) is 16.7. The first-order valence-corrected chi connectivity index (χ1v) is 10.4. The van der Waals surface area contributed by atoms with Crippen molar-refractivity contribution >= 4 is 5.96 Å². The van der Waals surface area contributed by atoms with Crippen LogP contribution in [0.5, 0.6) is 0 Å². The monoisotopic (exact) mass is 350 g/mol. The van der Waals surface area contributed by atoms with E-state index in [0.717, 1.165) is 31.6 Å². The molecule has 3 aliphatic rings. The maximum atomic E-state index is 5.91. The van der Waals surface area contributed by atoms with E-state index in [2.05, 4.69) is 43.2 Å². The van der Waals surface area contributed by atoms with E-state index in [0.29, 0.717) is 18.1 Å². The van der Waals surface area contributed by atoms with Crippen LogP contribution in [0.25, 0.3) is 0 Å². The van der Waals surface area contributed by atoms with Gasteiger partial charge in [0, 0.05) is 37.1 Å². The number of likely N-dealkylation sites (tertiary alicyclic amines) is 1. The molecular weight excluding hydrogens is 312 g/mol. The predicted octanol–water partition coefficient (Wildman–Crippen LogP) is 2.48. The van der Waals surface area contributed by atoms with Crippen molar-refractivity contribution in [1.29, 1.82) is 0 Å². The van der Waals surface area contributed by atoms with Crippen molar-refractivity contribution < 1.29 is 4.74 Å². The smallest absolute Gasteiger partial charge is 0.191 e. The first-order chi connectivity index (χ1) is 12.1. The van der Waals surface area contributed by atoms with Crippen LogP contribution in [-0.4, -0.2) is 62.3 Å². The highest BCUT2D eigenvalue weighted by atomic mass is 16.5. The van der Waals surface area contributed by atoms with Crippen molar-refractivity contribution in [2.45, 2.75) is 65.5 Å². The number of aliphatic imine (C=N–C) groups is 1. The maximum Gasteiger partial charge on any atom is 0.191 e. The lowest BCUT2D eigenvalue weighted by Crippen LogP contribution is -2.68. The van der Waals surface area contributed by atoms with E-state index in [1.54, 1.807) is 0 Å².